The third-order valence-electron chi connectivity index (χ3n) is 3.31. The van der Waals surface area contributed by atoms with Gasteiger partial charge >= 0.3 is 0 Å². The minimum absolute atomic E-state index is 0.134. The number of nitrogens with zero attached hydrogens (tertiary/aromatic N) is 4. The summed E-state index contributed by atoms with van der Waals surface area (Å²) in [6.07, 6.45) is 1.70. The van der Waals surface area contributed by atoms with Crippen LogP contribution in [0.15, 0.2) is 10.7 Å². The molecule has 0 amide bonds. The Balaban J connectivity index is 2.26. The van der Waals surface area contributed by atoms with Crippen molar-refractivity contribution in [3.8, 4) is 0 Å². The van der Waals surface area contributed by atoms with Crippen LogP contribution in [0.1, 0.15) is 13.8 Å². The van der Waals surface area contributed by atoms with Crippen LogP contribution in [0.5, 0.6) is 0 Å². The molecule has 1 aromatic rings. The lowest BCUT2D eigenvalue weighted by Crippen LogP contribution is -2.58. The zero-order valence-electron chi connectivity index (χ0n) is 10.2. The van der Waals surface area contributed by atoms with Gasteiger partial charge in [0.25, 0.3) is 0 Å². The Labute approximate surface area is 115 Å². The zero-order valence-corrected chi connectivity index (χ0v) is 12.6. The number of hydrogen-bond donors (Lipinski definition) is 0. The van der Waals surface area contributed by atoms with Gasteiger partial charge in [-0.25, -0.2) is 4.98 Å². The van der Waals surface area contributed by atoms with Gasteiger partial charge in [0.15, 0.2) is 0 Å². The smallest absolute Gasteiger partial charge is 0.224 e. The number of halogens is 2. The maximum Gasteiger partial charge on any atom is 0.224 e. The molecule has 2 heterocycles. The third-order valence-corrected chi connectivity index (χ3v) is 4.05. The van der Waals surface area contributed by atoms with Crippen LogP contribution in [0, 0.1) is 0 Å². The molecular formula is C11H16BrClN4. The van der Waals surface area contributed by atoms with E-state index in [1.807, 2.05) is 0 Å². The first-order valence-corrected chi connectivity index (χ1v) is 6.71. The first-order chi connectivity index (χ1) is 7.90. The summed E-state index contributed by atoms with van der Waals surface area (Å²) in [7, 11) is 2.15. The maximum atomic E-state index is 5.86. The number of anilines is 1. The normalized spacial score (nSPS) is 20.6. The molecule has 0 atom stereocenters. The number of likely N-dealkylation sites (N-methyl/N-ethyl adjacent to an activating group) is 1. The molecule has 2 rings (SSSR count). The predicted molar refractivity (Wildman–Crippen MR) is 73.7 cm³/mol. The van der Waals surface area contributed by atoms with E-state index in [4.69, 9.17) is 11.6 Å². The van der Waals surface area contributed by atoms with Gasteiger partial charge in [0, 0.05) is 31.4 Å². The first kappa shape index (κ1) is 13.1. The Hall–Kier alpha value is -0.390. The molecule has 17 heavy (non-hydrogen) atoms. The van der Waals surface area contributed by atoms with E-state index in [0.717, 1.165) is 29.9 Å². The van der Waals surface area contributed by atoms with E-state index < -0.39 is 0 Å². The van der Waals surface area contributed by atoms with Crippen molar-refractivity contribution in [2.75, 3.05) is 31.6 Å². The standard InChI is InChI=1S/C11H16BrClN4/c1-11(2)7-17(5-4-16(11)3)9-8(12)6-14-10(13)15-9/h6H,4-5,7H2,1-3H3. The molecule has 1 saturated heterocycles. The second-order valence-corrected chi connectivity index (χ2v) is 6.16. The van der Waals surface area contributed by atoms with Gasteiger partial charge in [-0.1, -0.05) is 0 Å². The second-order valence-electron chi connectivity index (χ2n) is 4.97. The Kier molecular flexibility index (Phi) is 3.61. The van der Waals surface area contributed by atoms with E-state index in [1.165, 1.54) is 0 Å². The van der Waals surface area contributed by atoms with Crippen molar-refractivity contribution in [3.05, 3.63) is 16.0 Å². The van der Waals surface area contributed by atoms with Crippen LogP contribution < -0.4 is 4.90 Å². The highest BCUT2D eigenvalue weighted by atomic mass is 79.9. The Morgan fingerprint density at radius 2 is 2.12 bits per heavy atom. The van der Waals surface area contributed by atoms with Crippen molar-refractivity contribution in [2.45, 2.75) is 19.4 Å². The minimum Gasteiger partial charge on any atom is -0.352 e. The van der Waals surface area contributed by atoms with Gasteiger partial charge in [-0.2, -0.15) is 4.98 Å². The van der Waals surface area contributed by atoms with Gasteiger partial charge in [-0.15, -0.1) is 0 Å². The zero-order chi connectivity index (χ0) is 12.6. The van der Waals surface area contributed by atoms with E-state index in [1.54, 1.807) is 6.20 Å². The van der Waals surface area contributed by atoms with E-state index >= 15 is 0 Å². The maximum absolute atomic E-state index is 5.86. The van der Waals surface area contributed by atoms with Gasteiger partial charge < -0.3 is 4.90 Å². The van der Waals surface area contributed by atoms with Crippen LogP contribution in [-0.2, 0) is 0 Å². The fourth-order valence-corrected chi connectivity index (χ4v) is 2.55. The highest BCUT2D eigenvalue weighted by Gasteiger charge is 2.32. The highest BCUT2D eigenvalue weighted by Crippen LogP contribution is 2.28. The molecule has 94 valence electrons. The van der Waals surface area contributed by atoms with Gasteiger partial charge in [-0.05, 0) is 48.4 Å². The molecule has 1 aliphatic heterocycles. The van der Waals surface area contributed by atoms with E-state index in [9.17, 15) is 0 Å². The number of rotatable bonds is 1. The second kappa shape index (κ2) is 4.71. The molecule has 0 aliphatic carbocycles. The summed E-state index contributed by atoms with van der Waals surface area (Å²) in [5.41, 5.74) is 0.134. The molecule has 1 aromatic heterocycles. The van der Waals surface area contributed by atoms with Gasteiger partial charge in [0.2, 0.25) is 5.28 Å². The van der Waals surface area contributed by atoms with E-state index in [0.29, 0.717) is 5.28 Å². The quantitative estimate of drug-likeness (QED) is 0.744. The van der Waals surface area contributed by atoms with Crippen molar-refractivity contribution in [2.24, 2.45) is 0 Å². The molecule has 0 spiro atoms. The Bertz CT molecular complexity index is 424. The number of piperazine rings is 1. The van der Waals surface area contributed by atoms with Crippen LogP contribution >= 0.6 is 27.5 Å². The highest BCUT2D eigenvalue weighted by molar-refractivity contribution is 9.10. The Morgan fingerprint density at radius 3 is 2.76 bits per heavy atom. The average Bonchev–Trinajstić information content (AvgIpc) is 2.25. The molecule has 0 bridgehead atoms. The first-order valence-electron chi connectivity index (χ1n) is 5.54. The summed E-state index contributed by atoms with van der Waals surface area (Å²) >= 11 is 9.34. The van der Waals surface area contributed by atoms with Crippen LogP contribution in [0.3, 0.4) is 0 Å². The molecule has 0 radical (unpaired) electrons. The monoisotopic (exact) mass is 318 g/mol. The molecule has 0 aromatic carbocycles. The van der Waals surface area contributed by atoms with Crippen molar-refractivity contribution >= 4 is 33.3 Å². The van der Waals surface area contributed by atoms with E-state index in [-0.39, 0.29) is 5.54 Å². The molecule has 6 heteroatoms. The van der Waals surface area contributed by atoms with Crippen LogP contribution in [-0.4, -0.2) is 47.1 Å². The molecule has 0 N–H and O–H groups in total. The van der Waals surface area contributed by atoms with E-state index in [2.05, 4.69) is 56.6 Å². The predicted octanol–water partition coefficient (Wildman–Crippen LogP) is 2.42. The number of aromatic nitrogens is 2. The lowest BCUT2D eigenvalue weighted by atomic mass is 10.00. The topological polar surface area (TPSA) is 32.3 Å². The molecular weight excluding hydrogens is 304 g/mol. The van der Waals surface area contributed by atoms with Crippen molar-refractivity contribution in [3.63, 3.8) is 0 Å². The SMILES string of the molecule is CN1CCN(c2nc(Cl)ncc2Br)CC1(C)C. The fraction of sp³-hybridized carbons (Fsp3) is 0.636. The molecule has 4 nitrogen and oxygen atoms in total. The lowest BCUT2D eigenvalue weighted by Gasteiger charge is -2.45. The van der Waals surface area contributed by atoms with Crippen LogP contribution in [0.25, 0.3) is 0 Å². The van der Waals surface area contributed by atoms with Crippen LogP contribution in [0.2, 0.25) is 5.28 Å². The summed E-state index contributed by atoms with van der Waals surface area (Å²) in [4.78, 5) is 12.9. The van der Waals surface area contributed by atoms with Gasteiger partial charge in [-0.3, -0.25) is 4.90 Å². The van der Waals surface area contributed by atoms with Crippen LogP contribution in [0.4, 0.5) is 5.82 Å². The number of hydrogen-bond acceptors (Lipinski definition) is 4. The molecule has 1 aliphatic rings. The average molecular weight is 320 g/mol. The fourth-order valence-electron chi connectivity index (χ4n) is 1.98. The Morgan fingerprint density at radius 1 is 1.41 bits per heavy atom. The summed E-state index contributed by atoms with van der Waals surface area (Å²) in [6.45, 7) is 7.36. The third kappa shape index (κ3) is 2.72. The molecule has 0 saturated carbocycles. The molecule has 1 fully saturated rings. The molecule has 0 unspecified atom stereocenters. The lowest BCUT2D eigenvalue weighted by molar-refractivity contribution is 0.138. The van der Waals surface area contributed by atoms with Crippen molar-refractivity contribution < 1.29 is 0 Å². The van der Waals surface area contributed by atoms with Gasteiger partial charge in [0.1, 0.15) is 5.82 Å². The van der Waals surface area contributed by atoms with Crippen molar-refractivity contribution in [1.29, 1.82) is 0 Å². The summed E-state index contributed by atoms with van der Waals surface area (Å²) in [6, 6.07) is 0. The minimum atomic E-state index is 0.134. The largest absolute Gasteiger partial charge is 0.352 e. The van der Waals surface area contributed by atoms with Gasteiger partial charge in [0.05, 0.1) is 4.47 Å². The van der Waals surface area contributed by atoms with Crippen molar-refractivity contribution in [1.82, 2.24) is 14.9 Å². The summed E-state index contributed by atoms with van der Waals surface area (Å²) < 4.78 is 0.891. The summed E-state index contributed by atoms with van der Waals surface area (Å²) in [5.74, 6) is 0.881. The summed E-state index contributed by atoms with van der Waals surface area (Å²) in [5, 5.41) is 0.292.